The van der Waals surface area contributed by atoms with Crippen LogP contribution in [0, 0.1) is 34.6 Å². The number of imidazole rings is 1. The van der Waals surface area contributed by atoms with Gasteiger partial charge in [0, 0.05) is 0 Å². The number of fused-ring (bicyclic) bond motifs is 1. The maximum absolute atomic E-state index is 5.95. The lowest BCUT2D eigenvalue weighted by molar-refractivity contribution is 0.298. The van der Waals surface area contributed by atoms with Crippen LogP contribution >= 0.6 is 0 Å². The van der Waals surface area contributed by atoms with Crippen LogP contribution in [0.2, 0.25) is 0 Å². The van der Waals surface area contributed by atoms with E-state index in [4.69, 9.17) is 4.74 Å². The van der Waals surface area contributed by atoms with Crippen LogP contribution in [-0.4, -0.2) is 16.2 Å². The highest BCUT2D eigenvalue weighted by atomic mass is 16.5. The minimum Gasteiger partial charge on any atom is -0.492 e. The van der Waals surface area contributed by atoms with Crippen LogP contribution in [0.3, 0.4) is 0 Å². The molecule has 0 fully saturated rings. The average Bonchev–Trinajstić information content (AvgIpc) is 2.74. The Morgan fingerprint density at radius 2 is 1.52 bits per heavy atom. The lowest BCUT2D eigenvalue weighted by atomic mass is 10.1. The highest BCUT2D eigenvalue weighted by molar-refractivity contribution is 5.78. The molecule has 23 heavy (non-hydrogen) atoms. The first-order valence-corrected chi connectivity index (χ1v) is 8.09. The quantitative estimate of drug-likeness (QED) is 0.701. The third kappa shape index (κ3) is 3.24. The predicted molar refractivity (Wildman–Crippen MR) is 95.4 cm³/mol. The molecule has 0 atom stereocenters. The topological polar surface area (TPSA) is 27.1 Å². The molecule has 2 aromatic carbocycles. The number of nitrogens with zero attached hydrogens (tertiary/aromatic N) is 2. The Morgan fingerprint density at radius 1 is 0.870 bits per heavy atom. The molecule has 0 spiro atoms. The molecule has 0 amide bonds. The SMILES string of the molecule is Cc1cc(C)cc(OCCn2c(C)nc3cc(C)c(C)cc32)c1. The Morgan fingerprint density at radius 3 is 2.22 bits per heavy atom. The summed E-state index contributed by atoms with van der Waals surface area (Å²) in [5.41, 5.74) is 7.31. The van der Waals surface area contributed by atoms with Gasteiger partial charge in [-0.1, -0.05) is 6.07 Å². The molecule has 3 aromatic rings. The second kappa shape index (κ2) is 6.07. The van der Waals surface area contributed by atoms with Gasteiger partial charge < -0.3 is 9.30 Å². The van der Waals surface area contributed by atoms with Gasteiger partial charge in [0.2, 0.25) is 0 Å². The molecule has 0 unspecified atom stereocenters. The largest absolute Gasteiger partial charge is 0.492 e. The number of hydrogen-bond acceptors (Lipinski definition) is 2. The first kappa shape index (κ1) is 15.6. The monoisotopic (exact) mass is 308 g/mol. The van der Waals surface area contributed by atoms with Gasteiger partial charge in [-0.15, -0.1) is 0 Å². The van der Waals surface area contributed by atoms with Crippen molar-refractivity contribution < 1.29 is 4.74 Å². The molecule has 0 aliphatic heterocycles. The minimum atomic E-state index is 0.641. The van der Waals surface area contributed by atoms with Gasteiger partial charge in [0.25, 0.3) is 0 Å². The van der Waals surface area contributed by atoms with Crippen LogP contribution in [0.5, 0.6) is 5.75 Å². The van der Waals surface area contributed by atoms with E-state index in [0.29, 0.717) is 6.61 Å². The van der Waals surface area contributed by atoms with Crippen molar-refractivity contribution in [1.82, 2.24) is 9.55 Å². The fourth-order valence-corrected chi connectivity index (χ4v) is 3.05. The summed E-state index contributed by atoms with van der Waals surface area (Å²) in [5.74, 6) is 1.98. The van der Waals surface area contributed by atoms with Gasteiger partial charge in [0.1, 0.15) is 18.2 Å². The van der Waals surface area contributed by atoms with Crippen molar-refractivity contribution in [2.45, 2.75) is 41.2 Å². The predicted octanol–water partition coefficient (Wildman–Crippen LogP) is 4.66. The third-order valence-electron chi connectivity index (χ3n) is 4.33. The smallest absolute Gasteiger partial charge is 0.119 e. The highest BCUT2D eigenvalue weighted by Crippen LogP contribution is 2.21. The van der Waals surface area contributed by atoms with Gasteiger partial charge in [0.15, 0.2) is 0 Å². The summed E-state index contributed by atoms with van der Waals surface area (Å²) in [6, 6.07) is 10.7. The Balaban J connectivity index is 1.79. The first-order chi connectivity index (χ1) is 10.9. The second-order valence-corrected chi connectivity index (χ2v) is 6.41. The van der Waals surface area contributed by atoms with Gasteiger partial charge in [-0.25, -0.2) is 4.98 Å². The average molecular weight is 308 g/mol. The Labute approximate surface area is 137 Å². The van der Waals surface area contributed by atoms with E-state index in [1.54, 1.807) is 0 Å². The molecular formula is C20H24N2O. The van der Waals surface area contributed by atoms with E-state index < -0.39 is 0 Å². The zero-order valence-electron chi connectivity index (χ0n) is 14.6. The summed E-state index contributed by atoms with van der Waals surface area (Å²) >= 11 is 0. The van der Waals surface area contributed by atoms with Crippen molar-refractivity contribution in [2.24, 2.45) is 0 Å². The van der Waals surface area contributed by atoms with Gasteiger partial charge in [-0.3, -0.25) is 0 Å². The summed E-state index contributed by atoms with van der Waals surface area (Å²) in [7, 11) is 0. The van der Waals surface area contributed by atoms with Crippen molar-refractivity contribution in [1.29, 1.82) is 0 Å². The molecule has 0 saturated heterocycles. The molecule has 0 radical (unpaired) electrons. The lowest BCUT2D eigenvalue weighted by Gasteiger charge is -2.11. The summed E-state index contributed by atoms with van der Waals surface area (Å²) < 4.78 is 8.19. The molecule has 1 heterocycles. The molecular weight excluding hydrogens is 284 g/mol. The highest BCUT2D eigenvalue weighted by Gasteiger charge is 2.09. The zero-order chi connectivity index (χ0) is 16.6. The van der Waals surface area contributed by atoms with Crippen LogP contribution in [0.15, 0.2) is 30.3 Å². The van der Waals surface area contributed by atoms with Crippen molar-refractivity contribution in [2.75, 3.05) is 6.61 Å². The van der Waals surface area contributed by atoms with E-state index in [9.17, 15) is 0 Å². The van der Waals surface area contributed by atoms with Gasteiger partial charge >= 0.3 is 0 Å². The number of rotatable bonds is 4. The molecule has 3 nitrogen and oxygen atoms in total. The Hall–Kier alpha value is -2.29. The lowest BCUT2D eigenvalue weighted by Crippen LogP contribution is -2.09. The number of benzene rings is 2. The fraction of sp³-hybridized carbons (Fsp3) is 0.350. The molecule has 0 N–H and O–H groups in total. The van der Waals surface area contributed by atoms with Crippen molar-refractivity contribution in [3.63, 3.8) is 0 Å². The maximum atomic E-state index is 5.95. The van der Waals surface area contributed by atoms with Gasteiger partial charge in [-0.2, -0.15) is 0 Å². The Kier molecular flexibility index (Phi) is 4.12. The first-order valence-electron chi connectivity index (χ1n) is 8.09. The molecule has 1 aromatic heterocycles. The van der Waals surface area contributed by atoms with E-state index in [1.165, 1.54) is 27.8 Å². The summed E-state index contributed by atoms with van der Waals surface area (Å²) in [4.78, 5) is 4.68. The second-order valence-electron chi connectivity index (χ2n) is 6.41. The maximum Gasteiger partial charge on any atom is 0.119 e. The van der Waals surface area contributed by atoms with E-state index in [-0.39, 0.29) is 0 Å². The summed E-state index contributed by atoms with van der Waals surface area (Å²) in [5, 5.41) is 0. The molecule has 3 heteroatoms. The van der Waals surface area contributed by atoms with Gasteiger partial charge in [0.05, 0.1) is 17.6 Å². The standard InChI is InChI=1S/C20H24N2O/c1-13-8-14(2)10-18(9-13)23-7-6-22-17(5)21-19-11-15(3)16(4)12-20(19)22/h8-12H,6-7H2,1-5H3. The van der Waals surface area contributed by atoms with E-state index in [2.05, 4.69) is 74.5 Å². The molecule has 120 valence electrons. The van der Waals surface area contributed by atoms with E-state index in [1.807, 2.05) is 0 Å². The van der Waals surface area contributed by atoms with Gasteiger partial charge in [-0.05, 0) is 81.1 Å². The minimum absolute atomic E-state index is 0.641. The van der Waals surface area contributed by atoms with Crippen LogP contribution in [-0.2, 0) is 6.54 Å². The Bertz CT molecular complexity index is 841. The zero-order valence-corrected chi connectivity index (χ0v) is 14.6. The number of hydrogen-bond donors (Lipinski definition) is 0. The van der Waals surface area contributed by atoms with Crippen LogP contribution < -0.4 is 4.74 Å². The van der Waals surface area contributed by atoms with Crippen molar-refractivity contribution >= 4 is 11.0 Å². The third-order valence-corrected chi connectivity index (χ3v) is 4.33. The number of aromatic nitrogens is 2. The van der Waals surface area contributed by atoms with Crippen LogP contribution in [0.4, 0.5) is 0 Å². The van der Waals surface area contributed by atoms with E-state index in [0.717, 1.165) is 23.6 Å². The fourth-order valence-electron chi connectivity index (χ4n) is 3.05. The molecule has 0 aliphatic carbocycles. The normalized spacial score (nSPS) is 11.2. The molecule has 0 saturated carbocycles. The van der Waals surface area contributed by atoms with Crippen molar-refractivity contribution in [3.05, 3.63) is 58.4 Å². The van der Waals surface area contributed by atoms with Crippen molar-refractivity contribution in [3.8, 4) is 5.75 Å². The number of aryl methyl sites for hydroxylation is 5. The molecule has 0 bridgehead atoms. The summed E-state index contributed by atoms with van der Waals surface area (Å²) in [6.45, 7) is 12.0. The number of ether oxygens (including phenoxy) is 1. The molecule has 3 rings (SSSR count). The van der Waals surface area contributed by atoms with Crippen LogP contribution in [0.25, 0.3) is 11.0 Å². The summed E-state index contributed by atoms with van der Waals surface area (Å²) in [6.07, 6.45) is 0. The van der Waals surface area contributed by atoms with E-state index >= 15 is 0 Å². The molecule has 0 aliphatic rings. The van der Waals surface area contributed by atoms with Crippen LogP contribution in [0.1, 0.15) is 28.1 Å².